The van der Waals surface area contributed by atoms with Crippen LogP contribution in [0, 0.1) is 25.7 Å². The number of hydrogen-bond acceptors (Lipinski definition) is 6. The summed E-state index contributed by atoms with van der Waals surface area (Å²) in [6.45, 7) is 5.07. The van der Waals surface area contributed by atoms with Gasteiger partial charge in [0.15, 0.2) is 9.84 Å². The van der Waals surface area contributed by atoms with E-state index in [4.69, 9.17) is 22.1 Å². The van der Waals surface area contributed by atoms with Crippen molar-refractivity contribution >= 4 is 33.6 Å². The van der Waals surface area contributed by atoms with Gasteiger partial charge in [-0.3, -0.25) is 0 Å². The largest absolute Gasteiger partial charge is 0.491 e. The van der Waals surface area contributed by atoms with Gasteiger partial charge in [0.05, 0.1) is 11.5 Å². The maximum absolute atomic E-state index is 11.4. The highest BCUT2D eigenvalue weighted by atomic mass is 35.5. The second kappa shape index (κ2) is 15.0. The van der Waals surface area contributed by atoms with Crippen LogP contribution in [0.15, 0.2) is 83.8 Å². The molecular formula is C32H32ClN3O3S. The predicted octanol–water partition coefficient (Wildman–Crippen LogP) is 6.13. The monoisotopic (exact) mass is 573 g/mol. The molecular weight excluding hydrogens is 542 g/mol. The average Bonchev–Trinajstić information content (AvgIpc) is 2.92. The van der Waals surface area contributed by atoms with E-state index in [0.29, 0.717) is 29.4 Å². The van der Waals surface area contributed by atoms with Crippen LogP contribution in [0.25, 0.3) is 12.2 Å². The van der Waals surface area contributed by atoms with Crippen LogP contribution in [0.5, 0.6) is 5.75 Å². The third kappa shape index (κ3) is 10.3. The molecule has 0 spiro atoms. The number of nitrogens with two attached hydrogens (primary N) is 1. The number of rotatable bonds is 7. The molecule has 2 aromatic carbocycles. The van der Waals surface area contributed by atoms with Gasteiger partial charge in [-0.15, -0.1) is 0 Å². The number of nitrogens with zero attached hydrogens (tertiary/aromatic N) is 2. The molecule has 0 aliphatic heterocycles. The van der Waals surface area contributed by atoms with Crippen LogP contribution < -0.4 is 10.5 Å². The highest BCUT2D eigenvalue weighted by Gasteiger charge is 2.06. The van der Waals surface area contributed by atoms with E-state index < -0.39 is 9.84 Å². The zero-order valence-electron chi connectivity index (χ0n) is 22.8. The molecule has 0 radical (unpaired) electrons. The van der Waals surface area contributed by atoms with Gasteiger partial charge in [0.25, 0.3) is 0 Å². The standard InChI is InChI=1S/C17H19ClN2O.C15H13NO2S/c1-13-6-9-17(21-11-3-10-19)16(20-13)8-7-14-4-2-5-15(18)12-14;1-12-5-3-7-14(16-12)10-9-13-6-4-8-15(11-13)19(2,17)18/h2,4-9,12H,3,10-11,19H2,1H3;3-8,11H,1-2H3. The van der Waals surface area contributed by atoms with Gasteiger partial charge in [0.1, 0.15) is 17.1 Å². The molecule has 2 aromatic heterocycles. The Labute approximate surface area is 241 Å². The molecule has 2 heterocycles. The number of pyridine rings is 2. The van der Waals surface area contributed by atoms with Crippen LogP contribution in [-0.2, 0) is 9.84 Å². The Bertz CT molecular complexity index is 1640. The van der Waals surface area contributed by atoms with Gasteiger partial charge in [0.2, 0.25) is 0 Å². The number of ether oxygens (including phenoxy) is 1. The van der Waals surface area contributed by atoms with Gasteiger partial charge in [-0.05, 0) is 99.0 Å². The van der Waals surface area contributed by atoms with Crippen molar-refractivity contribution in [2.75, 3.05) is 19.4 Å². The summed E-state index contributed by atoms with van der Waals surface area (Å²) < 4.78 is 28.6. The van der Waals surface area contributed by atoms with Crippen LogP contribution in [0.3, 0.4) is 0 Å². The van der Waals surface area contributed by atoms with E-state index in [2.05, 4.69) is 21.8 Å². The van der Waals surface area contributed by atoms with Crippen molar-refractivity contribution in [3.63, 3.8) is 0 Å². The predicted molar refractivity (Wildman–Crippen MR) is 163 cm³/mol. The summed E-state index contributed by atoms with van der Waals surface area (Å²) in [7, 11) is -3.20. The average molecular weight is 574 g/mol. The van der Waals surface area contributed by atoms with Gasteiger partial charge >= 0.3 is 0 Å². The molecule has 0 aliphatic rings. The lowest BCUT2D eigenvalue weighted by molar-refractivity contribution is 0.311. The van der Waals surface area contributed by atoms with Crippen LogP contribution in [0.4, 0.5) is 0 Å². The third-order valence-corrected chi connectivity index (χ3v) is 6.74. The zero-order chi connectivity index (χ0) is 29.0. The number of hydrogen-bond donors (Lipinski definition) is 1. The minimum atomic E-state index is -3.20. The second-order valence-electron chi connectivity index (χ2n) is 8.93. The van der Waals surface area contributed by atoms with E-state index in [1.165, 1.54) is 6.26 Å². The zero-order valence-corrected chi connectivity index (χ0v) is 24.3. The highest BCUT2D eigenvalue weighted by molar-refractivity contribution is 7.90. The normalized spacial score (nSPS) is 10.8. The Morgan fingerprint density at radius 3 is 2.38 bits per heavy atom. The lowest BCUT2D eigenvalue weighted by Gasteiger charge is -2.08. The molecule has 8 heteroatoms. The van der Waals surface area contributed by atoms with Gasteiger partial charge in [-0.25, -0.2) is 18.4 Å². The summed E-state index contributed by atoms with van der Waals surface area (Å²) in [6, 6.07) is 23.7. The minimum Gasteiger partial charge on any atom is -0.491 e. The van der Waals surface area contributed by atoms with Crippen molar-refractivity contribution in [1.82, 2.24) is 9.97 Å². The first kappa shape index (κ1) is 30.6. The van der Waals surface area contributed by atoms with Gasteiger partial charge in [-0.1, -0.05) is 47.9 Å². The van der Waals surface area contributed by atoms with Crippen LogP contribution >= 0.6 is 11.6 Å². The summed E-state index contributed by atoms with van der Waals surface area (Å²) >= 11 is 5.98. The van der Waals surface area contributed by atoms with E-state index in [-0.39, 0.29) is 4.90 Å². The van der Waals surface area contributed by atoms with Crippen molar-refractivity contribution in [3.05, 3.63) is 118 Å². The SMILES string of the molecule is Cc1ccc(OCCCN)c(C=Cc2cccc(Cl)c2)n1.Cc1cccc(C#Cc2cccc(S(C)(=O)=O)c2)n1. The van der Waals surface area contributed by atoms with Gasteiger partial charge < -0.3 is 10.5 Å². The van der Waals surface area contributed by atoms with E-state index in [1.54, 1.807) is 24.3 Å². The molecule has 4 aromatic rings. The molecule has 0 atom stereocenters. The van der Waals surface area contributed by atoms with E-state index in [0.717, 1.165) is 34.8 Å². The van der Waals surface area contributed by atoms with E-state index >= 15 is 0 Å². The summed E-state index contributed by atoms with van der Waals surface area (Å²) in [5.74, 6) is 6.62. The van der Waals surface area contributed by atoms with E-state index in [1.807, 2.05) is 80.6 Å². The van der Waals surface area contributed by atoms with Crippen molar-refractivity contribution in [3.8, 4) is 17.6 Å². The van der Waals surface area contributed by atoms with Crippen molar-refractivity contribution in [2.45, 2.75) is 25.2 Å². The Balaban J connectivity index is 0.000000222. The Morgan fingerprint density at radius 2 is 1.65 bits per heavy atom. The first-order chi connectivity index (χ1) is 19.1. The molecule has 0 amide bonds. The van der Waals surface area contributed by atoms with Crippen LogP contribution in [0.1, 0.15) is 40.3 Å². The lowest BCUT2D eigenvalue weighted by atomic mass is 10.2. The molecule has 0 unspecified atom stereocenters. The van der Waals surface area contributed by atoms with E-state index in [9.17, 15) is 8.42 Å². The number of aryl methyl sites for hydroxylation is 2. The third-order valence-electron chi connectivity index (χ3n) is 5.40. The first-order valence-electron chi connectivity index (χ1n) is 12.6. The Hall–Kier alpha value is -3.96. The summed E-state index contributed by atoms with van der Waals surface area (Å²) in [6.07, 6.45) is 5.92. The fraction of sp³-hybridized carbons (Fsp3) is 0.188. The highest BCUT2D eigenvalue weighted by Crippen LogP contribution is 2.21. The van der Waals surface area contributed by atoms with Gasteiger partial charge in [-0.2, -0.15) is 0 Å². The lowest BCUT2D eigenvalue weighted by Crippen LogP contribution is -2.07. The summed E-state index contributed by atoms with van der Waals surface area (Å²) in [5.41, 5.74) is 10.5. The quantitative estimate of drug-likeness (QED) is 0.211. The Kier molecular flexibility index (Phi) is 11.5. The van der Waals surface area contributed by atoms with Crippen LogP contribution in [-0.4, -0.2) is 37.8 Å². The molecule has 4 rings (SSSR count). The van der Waals surface area contributed by atoms with Crippen molar-refractivity contribution in [2.24, 2.45) is 5.73 Å². The molecule has 0 saturated heterocycles. The second-order valence-corrected chi connectivity index (χ2v) is 11.4. The molecule has 206 valence electrons. The van der Waals surface area contributed by atoms with Crippen molar-refractivity contribution < 1.29 is 13.2 Å². The molecule has 40 heavy (non-hydrogen) atoms. The van der Waals surface area contributed by atoms with Crippen LogP contribution in [0.2, 0.25) is 5.02 Å². The molecule has 0 bridgehead atoms. The summed E-state index contributed by atoms with van der Waals surface area (Å²) in [5, 5.41) is 0.716. The number of halogens is 1. The molecule has 2 N–H and O–H groups in total. The maximum atomic E-state index is 11.4. The molecule has 0 aliphatic carbocycles. The number of benzene rings is 2. The molecule has 0 fully saturated rings. The number of sulfone groups is 1. The fourth-order valence-corrected chi connectivity index (χ4v) is 4.28. The summed E-state index contributed by atoms with van der Waals surface area (Å²) in [4.78, 5) is 9.06. The Morgan fingerprint density at radius 1 is 0.900 bits per heavy atom. The van der Waals surface area contributed by atoms with Gasteiger partial charge in [0, 0.05) is 28.2 Å². The number of aromatic nitrogens is 2. The topological polar surface area (TPSA) is 95.2 Å². The fourth-order valence-electron chi connectivity index (χ4n) is 3.41. The minimum absolute atomic E-state index is 0.275. The molecule has 6 nitrogen and oxygen atoms in total. The maximum Gasteiger partial charge on any atom is 0.175 e. The van der Waals surface area contributed by atoms with Crippen molar-refractivity contribution in [1.29, 1.82) is 0 Å². The first-order valence-corrected chi connectivity index (χ1v) is 14.9. The smallest absolute Gasteiger partial charge is 0.175 e. The molecule has 0 saturated carbocycles.